The molecule has 0 spiro atoms. The van der Waals surface area contributed by atoms with E-state index < -0.39 is 0 Å². The zero-order valence-electron chi connectivity index (χ0n) is 11.7. The van der Waals surface area contributed by atoms with Crippen LogP contribution in [0.2, 0.25) is 0 Å². The van der Waals surface area contributed by atoms with Gasteiger partial charge >= 0.3 is 0 Å². The Hall–Kier alpha value is -0.540. The number of halogens is 1. The van der Waals surface area contributed by atoms with Crippen LogP contribution in [-0.4, -0.2) is 11.3 Å². The van der Waals surface area contributed by atoms with Crippen molar-refractivity contribution in [2.24, 2.45) is 5.73 Å². The zero-order valence-corrected chi connectivity index (χ0v) is 12.5. The first-order valence-corrected chi connectivity index (χ1v) is 8.28. The van der Waals surface area contributed by atoms with Crippen LogP contribution in [0, 0.1) is 5.82 Å². The molecule has 1 aliphatic carbocycles. The van der Waals surface area contributed by atoms with Crippen LogP contribution in [0.5, 0.6) is 0 Å². The molecule has 106 valence electrons. The average Bonchev–Trinajstić information content (AvgIpc) is 2.43. The molecule has 0 aromatic heterocycles. The summed E-state index contributed by atoms with van der Waals surface area (Å²) in [7, 11) is 0. The van der Waals surface area contributed by atoms with Gasteiger partial charge in [-0.2, -0.15) is 0 Å². The van der Waals surface area contributed by atoms with Crippen LogP contribution in [0.25, 0.3) is 0 Å². The first-order chi connectivity index (χ1) is 9.20. The van der Waals surface area contributed by atoms with Crippen molar-refractivity contribution in [1.29, 1.82) is 0 Å². The molecule has 0 heterocycles. The Kier molecular flexibility index (Phi) is 5.71. The minimum atomic E-state index is -0.0929. The van der Waals surface area contributed by atoms with Crippen molar-refractivity contribution in [2.75, 3.05) is 0 Å². The predicted octanol–water partition coefficient (Wildman–Crippen LogP) is 4.53. The quantitative estimate of drug-likeness (QED) is 0.858. The highest BCUT2D eigenvalue weighted by Gasteiger charge is 2.18. The third-order valence-corrected chi connectivity index (χ3v) is 5.35. The Labute approximate surface area is 120 Å². The van der Waals surface area contributed by atoms with Crippen LogP contribution >= 0.6 is 11.8 Å². The van der Waals surface area contributed by atoms with E-state index in [1.54, 1.807) is 6.07 Å². The molecule has 3 heteroatoms. The minimum Gasteiger partial charge on any atom is -0.327 e. The number of benzene rings is 1. The van der Waals surface area contributed by atoms with Gasteiger partial charge in [0.25, 0.3) is 0 Å². The summed E-state index contributed by atoms with van der Waals surface area (Å²) in [5, 5.41) is 0.659. The third-order valence-electron chi connectivity index (χ3n) is 3.91. The van der Waals surface area contributed by atoms with Crippen LogP contribution in [0.15, 0.2) is 23.1 Å². The fraction of sp³-hybridized carbons (Fsp3) is 0.625. The lowest BCUT2D eigenvalue weighted by Gasteiger charge is -2.23. The molecule has 1 nitrogen and oxygen atoms in total. The maximum Gasteiger partial charge on any atom is 0.127 e. The number of thioether (sulfide) groups is 1. The first-order valence-electron chi connectivity index (χ1n) is 7.40. The van der Waals surface area contributed by atoms with Gasteiger partial charge in [0, 0.05) is 21.8 Å². The highest BCUT2D eigenvalue weighted by Crippen LogP contribution is 2.36. The Morgan fingerprint density at radius 1 is 1.32 bits per heavy atom. The van der Waals surface area contributed by atoms with Gasteiger partial charge in [-0.25, -0.2) is 4.39 Å². The van der Waals surface area contributed by atoms with Crippen molar-refractivity contribution in [3.05, 3.63) is 29.6 Å². The van der Waals surface area contributed by atoms with Gasteiger partial charge in [-0.05, 0) is 37.8 Å². The smallest absolute Gasteiger partial charge is 0.127 e. The predicted molar refractivity (Wildman–Crippen MR) is 81.1 cm³/mol. The van der Waals surface area contributed by atoms with Crippen molar-refractivity contribution < 1.29 is 4.39 Å². The molecule has 0 amide bonds. The Morgan fingerprint density at radius 3 is 2.74 bits per heavy atom. The van der Waals surface area contributed by atoms with E-state index in [9.17, 15) is 4.39 Å². The normalized spacial score (nSPS) is 18.5. The van der Waals surface area contributed by atoms with Gasteiger partial charge < -0.3 is 5.73 Å². The summed E-state index contributed by atoms with van der Waals surface area (Å²) in [5.41, 5.74) is 6.83. The molecule has 2 rings (SSSR count). The van der Waals surface area contributed by atoms with Crippen LogP contribution in [-0.2, 0) is 6.42 Å². The van der Waals surface area contributed by atoms with E-state index in [1.807, 2.05) is 17.8 Å². The van der Waals surface area contributed by atoms with Gasteiger partial charge in [0.2, 0.25) is 0 Å². The van der Waals surface area contributed by atoms with E-state index in [1.165, 1.54) is 32.1 Å². The van der Waals surface area contributed by atoms with Crippen LogP contribution in [0.3, 0.4) is 0 Å². The maximum absolute atomic E-state index is 14.0. The van der Waals surface area contributed by atoms with Crippen molar-refractivity contribution in [3.8, 4) is 0 Å². The summed E-state index contributed by atoms with van der Waals surface area (Å²) in [4.78, 5) is 1.11. The Morgan fingerprint density at radius 2 is 2.05 bits per heavy atom. The standard InChI is InChI=1S/C16H24FNS/c1-2-12(18)11-14-15(17)9-6-10-16(14)19-13-7-4-3-5-8-13/h6,9-10,12-13H,2-5,7-8,11,18H2,1H3. The summed E-state index contributed by atoms with van der Waals surface area (Å²) < 4.78 is 14.0. The summed E-state index contributed by atoms with van der Waals surface area (Å²) in [6.07, 6.45) is 8.06. The lowest BCUT2D eigenvalue weighted by molar-refractivity contribution is 0.515. The van der Waals surface area contributed by atoms with E-state index in [0.717, 1.165) is 16.9 Å². The summed E-state index contributed by atoms with van der Waals surface area (Å²) in [6, 6.07) is 5.49. The van der Waals surface area contributed by atoms with Gasteiger partial charge in [0.05, 0.1) is 0 Å². The topological polar surface area (TPSA) is 26.0 Å². The van der Waals surface area contributed by atoms with Gasteiger partial charge in [0.15, 0.2) is 0 Å². The van der Waals surface area contributed by atoms with Crippen molar-refractivity contribution in [2.45, 2.75) is 68.1 Å². The molecular weight excluding hydrogens is 257 g/mol. The number of hydrogen-bond acceptors (Lipinski definition) is 2. The highest BCUT2D eigenvalue weighted by molar-refractivity contribution is 8.00. The molecule has 1 aromatic rings. The number of rotatable bonds is 5. The SMILES string of the molecule is CCC(N)Cc1c(F)cccc1SC1CCCCC1. The molecule has 0 radical (unpaired) electrons. The molecule has 0 bridgehead atoms. The second kappa shape index (κ2) is 7.30. The van der Waals surface area contributed by atoms with E-state index in [4.69, 9.17) is 5.73 Å². The second-order valence-corrected chi connectivity index (χ2v) is 6.81. The molecule has 1 aliphatic rings. The Balaban J connectivity index is 2.11. The third kappa shape index (κ3) is 4.22. The zero-order chi connectivity index (χ0) is 13.7. The van der Waals surface area contributed by atoms with Crippen molar-refractivity contribution in [1.82, 2.24) is 0 Å². The largest absolute Gasteiger partial charge is 0.327 e. The molecule has 0 aliphatic heterocycles. The van der Waals surface area contributed by atoms with Gasteiger partial charge in [-0.15, -0.1) is 11.8 Å². The molecular formula is C16H24FNS. The molecule has 1 unspecified atom stereocenters. The second-order valence-electron chi connectivity index (χ2n) is 5.47. The molecule has 2 N–H and O–H groups in total. The summed E-state index contributed by atoms with van der Waals surface area (Å²) in [6.45, 7) is 2.06. The van der Waals surface area contributed by atoms with Crippen molar-refractivity contribution >= 4 is 11.8 Å². The maximum atomic E-state index is 14.0. The molecule has 0 saturated heterocycles. The van der Waals surface area contributed by atoms with Crippen LogP contribution in [0.4, 0.5) is 4.39 Å². The summed E-state index contributed by atoms with van der Waals surface area (Å²) >= 11 is 1.86. The fourth-order valence-electron chi connectivity index (χ4n) is 2.62. The van der Waals surface area contributed by atoms with Crippen LogP contribution < -0.4 is 5.73 Å². The van der Waals surface area contributed by atoms with Gasteiger partial charge in [-0.3, -0.25) is 0 Å². The fourth-order valence-corrected chi connectivity index (χ4v) is 4.02. The lowest BCUT2D eigenvalue weighted by atomic mass is 10.0. The van der Waals surface area contributed by atoms with Crippen molar-refractivity contribution in [3.63, 3.8) is 0 Å². The van der Waals surface area contributed by atoms with E-state index in [2.05, 4.69) is 13.0 Å². The number of hydrogen-bond donors (Lipinski definition) is 1. The first kappa shape index (κ1) is 14.9. The van der Waals surface area contributed by atoms with E-state index in [-0.39, 0.29) is 11.9 Å². The van der Waals surface area contributed by atoms with Gasteiger partial charge in [0.1, 0.15) is 5.82 Å². The molecule has 1 atom stereocenters. The van der Waals surface area contributed by atoms with Gasteiger partial charge in [-0.1, -0.05) is 32.3 Å². The highest BCUT2D eigenvalue weighted by atomic mass is 32.2. The lowest BCUT2D eigenvalue weighted by Crippen LogP contribution is -2.22. The minimum absolute atomic E-state index is 0.0580. The number of nitrogens with two attached hydrogens (primary N) is 1. The average molecular weight is 281 g/mol. The molecule has 19 heavy (non-hydrogen) atoms. The molecule has 1 fully saturated rings. The molecule has 1 saturated carbocycles. The van der Waals surface area contributed by atoms with E-state index >= 15 is 0 Å². The monoisotopic (exact) mass is 281 g/mol. The van der Waals surface area contributed by atoms with E-state index in [0.29, 0.717) is 11.7 Å². The summed E-state index contributed by atoms with van der Waals surface area (Å²) in [5.74, 6) is -0.0929. The van der Waals surface area contributed by atoms with Crippen LogP contribution in [0.1, 0.15) is 51.0 Å². The molecule has 1 aromatic carbocycles. The Bertz CT molecular complexity index is 402.